The van der Waals surface area contributed by atoms with Crippen molar-refractivity contribution in [1.82, 2.24) is 9.55 Å². The smallest absolute Gasteiger partial charge is 0.269 e. The first-order valence-corrected chi connectivity index (χ1v) is 9.63. The van der Waals surface area contributed by atoms with Crippen LogP contribution in [0.5, 0.6) is 0 Å². The Kier molecular flexibility index (Phi) is 5.08. The van der Waals surface area contributed by atoms with Gasteiger partial charge < -0.3 is 16.0 Å². The molecule has 0 aliphatic rings. The van der Waals surface area contributed by atoms with Crippen molar-refractivity contribution < 1.29 is 4.79 Å². The maximum Gasteiger partial charge on any atom is 0.269 e. The molecule has 4 N–H and O–H groups in total. The Morgan fingerprint density at radius 1 is 0.964 bits per heavy atom. The number of primary amides is 1. The lowest BCUT2D eigenvalue weighted by Crippen LogP contribution is -2.17. The van der Waals surface area contributed by atoms with Crippen molar-refractivity contribution in [1.29, 1.82) is 0 Å². The minimum Gasteiger partial charge on any atom is -0.364 e. The molecule has 0 fully saturated rings. The fourth-order valence-electron chi connectivity index (χ4n) is 3.89. The minimum absolute atomic E-state index is 0.330. The molecule has 2 aromatic carbocycles. The largest absolute Gasteiger partial charge is 0.364 e. The van der Waals surface area contributed by atoms with Gasteiger partial charge in [-0.15, -0.1) is 0 Å². The SMILES string of the molecule is NCCc1cc2c3ccccc3n(CCCc3ccccc3)c2c(C(N)=O)n1. The topological polar surface area (TPSA) is 86.9 Å². The van der Waals surface area contributed by atoms with E-state index in [0.29, 0.717) is 18.7 Å². The average Bonchev–Trinajstić information content (AvgIpc) is 3.02. The zero-order chi connectivity index (χ0) is 19.5. The number of benzene rings is 2. The number of amides is 1. The summed E-state index contributed by atoms with van der Waals surface area (Å²) < 4.78 is 2.19. The summed E-state index contributed by atoms with van der Waals surface area (Å²) >= 11 is 0. The molecule has 5 nitrogen and oxygen atoms in total. The Morgan fingerprint density at radius 3 is 2.46 bits per heavy atom. The lowest BCUT2D eigenvalue weighted by Gasteiger charge is -2.10. The number of carbonyl (C=O) groups is 1. The zero-order valence-corrected chi connectivity index (χ0v) is 15.8. The molecule has 0 saturated heterocycles. The number of carbonyl (C=O) groups excluding carboxylic acids is 1. The Bertz CT molecular complexity index is 1130. The normalized spacial score (nSPS) is 11.3. The highest BCUT2D eigenvalue weighted by molar-refractivity contribution is 6.14. The van der Waals surface area contributed by atoms with Crippen LogP contribution in [0.1, 0.15) is 28.2 Å². The van der Waals surface area contributed by atoms with Crippen molar-refractivity contribution in [3.05, 3.63) is 77.6 Å². The molecular formula is C23H24N4O. The summed E-state index contributed by atoms with van der Waals surface area (Å²) in [6.45, 7) is 1.27. The highest BCUT2D eigenvalue weighted by atomic mass is 16.1. The summed E-state index contributed by atoms with van der Waals surface area (Å²) in [5, 5.41) is 2.13. The molecule has 0 atom stereocenters. The van der Waals surface area contributed by atoms with Crippen LogP contribution in [0.25, 0.3) is 21.8 Å². The zero-order valence-electron chi connectivity index (χ0n) is 15.8. The maximum absolute atomic E-state index is 12.2. The second-order valence-corrected chi connectivity index (χ2v) is 7.02. The fraction of sp³-hybridized carbons (Fsp3) is 0.217. The second-order valence-electron chi connectivity index (χ2n) is 7.02. The monoisotopic (exact) mass is 372 g/mol. The van der Waals surface area contributed by atoms with E-state index < -0.39 is 5.91 Å². The van der Waals surface area contributed by atoms with Gasteiger partial charge in [0.05, 0.1) is 5.52 Å². The Morgan fingerprint density at radius 2 is 1.71 bits per heavy atom. The first-order chi connectivity index (χ1) is 13.7. The number of hydrogen-bond donors (Lipinski definition) is 2. The molecule has 5 heteroatoms. The number of nitrogens with zero attached hydrogens (tertiary/aromatic N) is 2. The van der Waals surface area contributed by atoms with Gasteiger partial charge in [0, 0.05) is 34.9 Å². The highest BCUT2D eigenvalue weighted by Crippen LogP contribution is 2.31. The summed E-state index contributed by atoms with van der Waals surface area (Å²) in [5.74, 6) is -0.504. The number of rotatable bonds is 7. The molecule has 2 heterocycles. The van der Waals surface area contributed by atoms with E-state index in [1.807, 2.05) is 24.3 Å². The van der Waals surface area contributed by atoms with Crippen molar-refractivity contribution in [2.75, 3.05) is 6.54 Å². The summed E-state index contributed by atoms with van der Waals surface area (Å²) in [5.41, 5.74) is 15.8. The molecule has 4 aromatic rings. The van der Waals surface area contributed by atoms with E-state index in [1.165, 1.54) is 5.56 Å². The van der Waals surface area contributed by atoms with Crippen LogP contribution in [0.15, 0.2) is 60.7 Å². The summed E-state index contributed by atoms with van der Waals surface area (Å²) in [6.07, 6.45) is 2.55. The number of para-hydroxylation sites is 1. The average molecular weight is 372 g/mol. The quantitative estimate of drug-likeness (QED) is 0.521. The molecule has 0 radical (unpaired) electrons. The van der Waals surface area contributed by atoms with Crippen molar-refractivity contribution in [2.45, 2.75) is 25.8 Å². The molecule has 142 valence electrons. The summed E-state index contributed by atoms with van der Waals surface area (Å²) in [7, 11) is 0. The molecule has 0 saturated carbocycles. The number of fused-ring (bicyclic) bond motifs is 3. The molecule has 28 heavy (non-hydrogen) atoms. The third-order valence-electron chi connectivity index (χ3n) is 5.12. The van der Waals surface area contributed by atoms with Gasteiger partial charge in [-0.3, -0.25) is 4.79 Å². The van der Waals surface area contributed by atoms with Crippen molar-refractivity contribution in [3.8, 4) is 0 Å². The molecule has 2 aromatic heterocycles. The van der Waals surface area contributed by atoms with E-state index >= 15 is 0 Å². The van der Waals surface area contributed by atoms with E-state index in [0.717, 1.165) is 46.9 Å². The molecule has 1 amide bonds. The standard InChI is InChI=1S/C23H24N4O/c24-13-12-17-15-19-18-10-4-5-11-20(18)27(22(19)21(26-17)23(25)28)14-6-9-16-7-2-1-3-8-16/h1-5,7-8,10-11,15H,6,9,12-14,24H2,(H2,25,28). The maximum atomic E-state index is 12.2. The third kappa shape index (κ3) is 3.37. The van der Waals surface area contributed by atoms with E-state index in [-0.39, 0.29) is 0 Å². The highest BCUT2D eigenvalue weighted by Gasteiger charge is 2.19. The Hall–Kier alpha value is -3.18. The molecule has 0 spiro atoms. The number of hydrogen-bond acceptors (Lipinski definition) is 3. The first kappa shape index (κ1) is 18.2. The van der Waals surface area contributed by atoms with E-state index in [2.05, 4.69) is 45.9 Å². The Labute approximate surface area is 164 Å². The second kappa shape index (κ2) is 7.82. The summed E-state index contributed by atoms with van der Waals surface area (Å²) in [6, 6.07) is 20.7. The molecule has 0 aliphatic carbocycles. The number of aryl methyl sites for hydroxylation is 2. The van der Waals surface area contributed by atoms with Gasteiger partial charge in [-0.1, -0.05) is 48.5 Å². The van der Waals surface area contributed by atoms with Gasteiger partial charge in [0.25, 0.3) is 5.91 Å². The van der Waals surface area contributed by atoms with Crippen LogP contribution < -0.4 is 11.5 Å². The minimum atomic E-state index is -0.504. The predicted molar refractivity (Wildman–Crippen MR) is 113 cm³/mol. The van der Waals surface area contributed by atoms with Crippen LogP contribution >= 0.6 is 0 Å². The van der Waals surface area contributed by atoms with Crippen molar-refractivity contribution >= 4 is 27.7 Å². The number of pyridine rings is 1. The number of nitrogens with two attached hydrogens (primary N) is 2. The van der Waals surface area contributed by atoms with Gasteiger partial charge in [-0.2, -0.15) is 0 Å². The molecule has 0 bridgehead atoms. The molecule has 0 aliphatic heterocycles. The Balaban J connectivity index is 1.82. The van der Waals surface area contributed by atoms with Crippen LogP contribution in [0.2, 0.25) is 0 Å². The van der Waals surface area contributed by atoms with Crippen molar-refractivity contribution in [2.24, 2.45) is 11.5 Å². The van der Waals surface area contributed by atoms with Gasteiger partial charge in [-0.05, 0) is 37.1 Å². The lowest BCUT2D eigenvalue weighted by molar-refractivity contribution is 0.0996. The van der Waals surface area contributed by atoms with Gasteiger partial charge in [0.15, 0.2) is 5.69 Å². The first-order valence-electron chi connectivity index (χ1n) is 9.63. The van der Waals surface area contributed by atoms with E-state index in [9.17, 15) is 4.79 Å². The van der Waals surface area contributed by atoms with E-state index in [4.69, 9.17) is 11.5 Å². The summed E-state index contributed by atoms with van der Waals surface area (Å²) in [4.78, 5) is 16.7. The van der Waals surface area contributed by atoms with Crippen LogP contribution in [-0.2, 0) is 19.4 Å². The van der Waals surface area contributed by atoms with Gasteiger partial charge in [0.1, 0.15) is 0 Å². The van der Waals surface area contributed by atoms with Crippen LogP contribution in [0, 0.1) is 0 Å². The van der Waals surface area contributed by atoms with Crippen LogP contribution in [-0.4, -0.2) is 22.0 Å². The van der Waals surface area contributed by atoms with Crippen molar-refractivity contribution in [3.63, 3.8) is 0 Å². The molecule has 0 unspecified atom stereocenters. The molecule has 4 rings (SSSR count). The van der Waals surface area contributed by atoms with E-state index in [1.54, 1.807) is 0 Å². The van der Waals surface area contributed by atoms with Gasteiger partial charge in [0.2, 0.25) is 0 Å². The van der Waals surface area contributed by atoms with Crippen LogP contribution in [0.4, 0.5) is 0 Å². The fourth-order valence-corrected chi connectivity index (χ4v) is 3.89. The van der Waals surface area contributed by atoms with Gasteiger partial charge >= 0.3 is 0 Å². The number of aromatic nitrogens is 2. The molecular weight excluding hydrogens is 348 g/mol. The third-order valence-corrected chi connectivity index (χ3v) is 5.12. The predicted octanol–water partition coefficient (Wildman–Crippen LogP) is 3.42. The van der Waals surface area contributed by atoms with Crippen LogP contribution in [0.3, 0.4) is 0 Å². The van der Waals surface area contributed by atoms with Gasteiger partial charge in [-0.25, -0.2) is 4.98 Å². The lowest BCUT2D eigenvalue weighted by atomic mass is 10.1.